The molecule has 2 N–H and O–H groups in total. The van der Waals surface area contributed by atoms with E-state index in [1.165, 1.54) is 6.07 Å². The number of rotatable bonds is 8. The molecule has 0 unspecified atom stereocenters. The molecule has 0 saturated heterocycles. The van der Waals surface area contributed by atoms with Gasteiger partial charge in [-0.15, -0.1) is 0 Å². The van der Waals surface area contributed by atoms with E-state index in [-0.39, 0.29) is 17.6 Å². The molecule has 0 bridgehead atoms. The van der Waals surface area contributed by atoms with E-state index in [9.17, 15) is 12.8 Å². The Labute approximate surface area is 153 Å². The van der Waals surface area contributed by atoms with Crippen molar-refractivity contribution >= 4 is 21.6 Å². The van der Waals surface area contributed by atoms with Crippen LogP contribution in [-0.4, -0.2) is 14.5 Å². The molecule has 0 amide bonds. The van der Waals surface area contributed by atoms with Crippen LogP contribution in [0.15, 0.2) is 42.5 Å². The lowest BCUT2D eigenvalue weighted by Crippen LogP contribution is -2.31. The molecule has 2 aromatic carbocycles. The Hall–Kier alpha value is -1.47. The van der Waals surface area contributed by atoms with Crippen molar-refractivity contribution in [3.8, 4) is 0 Å². The lowest BCUT2D eigenvalue weighted by Gasteiger charge is -2.10. The number of halogens is 2. The molecule has 0 aliphatic rings. The minimum Gasteiger partial charge on any atom is -0.308 e. The summed E-state index contributed by atoms with van der Waals surface area (Å²) in [6, 6.07) is 11.8. The normalized spacial score (nSPS) is 11.9. The van der Waals surface area contributed by atoms with Gasteiger partial charge in [0.05, 0.1) is 5.75 Å². The van der Waals surface area contributed by atoms with Gasteiger partial charge in [0, 0.05) is 29.7 Å². The fourth-order valence-corrected chi connectivity index (χ4v) is 4.07. The lowest BCUT2D eigenvalue weighted by atomic mass is 10.1. The molecule has 2 aromatic rings. The highest BCUT2D eigenvalue weighted by molar-refractivity contribution is 7.88. The first-order chi connectivity index (χ1) is 11.8. The van der Waals surface area contributed by atoms with E-state index in [2.05, 4.69) is 10.0 Å². The van der Waals surface area contributed by atoms with Gasteiger partial charge in [-0.25, -0.2) is 17.5 Å². The van der Waals surface area contributed by atoms with Crippen molar-refractivity contribution in [3.05, 3.63) is 70.0 Å². The highest BCUT2D eigenvalue weighted by atomic mass is 35.5. The maximum Gasteiger partial charge on any atom is 0.216 e. The third-order valence-electron chi connectivity index (χ3n) is 3.49. The van der Waals surface area contributed by atoms with Gasteiger partial charge in [-0.3, -0.25) is 0 Å². The molecule has 2 rings (SSSR count). The van der Waals surface area contributed by atoms with E-state index in [1.54, 1.807) is 38.1 Å². The van der Waals surface area contributed by atoms with Crippen LogP contribution in [0.25, 0.3) is 0 Å². The Morgan fingerprint density at radius 2 is 1.68 bits per heavy atom. The second kappa shape index (κ2) is 8.76. The number of nitrogens with one attached hydrogen (secondary N) is 2. The number of sulfonamides is 1. The Bertz CT molecular complexity index is 788. The summed E-state index contributed by atoms with van der Waals surface area (Å²) in [7, 11) is -3.33. The van der Waals surface area contributed by atoms with Gasteiger partial charge in [-0.2, -0.15) is 0 Å². The number of hydrogen-bond acceptors (Lipinski definition) is 3. The van der Waals surface area contributed by atoms with Crippen LogP contribution in [-0.2, 0) is 28.9 Å². The summed E-state index contributed by atoms with van der Waals surface area (Å²) in [5, 5.41) is 3.53. The molecule has 136 valence electrons. The first-order valence-electron chi connectivity index (χ1n) is 7.98. The third-order valence-corrected chi connectivity index (χ3v) is 5.39. The summed E-state index contributed by atoms with van der Waals surface area (Å²) in [4.78, 5) is 0. The zero-order valence-electron chi connectivity index (χ0n) is 14.2. The second-order valence-corrected chi connectivity index (χ2v) is 8.31. The monoisotopic (exact) mass is 384 g/mol. The van der Waals surface area contributed by atoms with Gasteiger partial charge in [-0.05, 0) is 37.1 Å². The topological polar surface area (TPSA) is 58.2 Å². The quantitative estimate of drug-likeness (QED) is 0.731. The fraction of sp³-hybridized carbons (Fsp3) is 0.333. The maximum atomic E-state index is 13.7. The van der Waals surface area contributed by atoms with Crippen molar-refractivity contribution in [2.75, 3.05) is 0 Å². The summed E-state index contributed by atoms with van der Waals surface area (Å²) in [5.74, 6) is -0.387. The van der Waals surface area contributed by atoms with E-state index in [1.807, 2.05) is 12.1 Å². The van der Waals surface area contributed by atoms with Crippen LogP contribution in [0.5, 0.6) is 0 Å². The molecule has 4 nitrogen and oxygen atoms in total. The second-order valence-electron chi connectivity index (χ2n) is 6.15. The third kappa shape index (κ3) is 6.40. The largest absolute Gasteiger partial charge is 0.308 e. The predicted octanol–water partition coefficient (Wildman–Crippen LogP) is 3.60. The van der Waals surface area contributed by atoms with Gasteiger partial charge in [0.25, 0.3) is 0 Å². The fourth-order valence-electron chi connectivity index (χ4n) is 2.41. The molecule has 0 radical (unpaired) electrons. The van der Waals surface area contributed by atoms with Gasteiger partial charge < -0.3 is 5.32 Å². The molecular weight excluding hydrogens is 363 g/mol. The molecule has 0 heterocycles. The standard InChI is InChI=1S/C18H22ClFN2O2S/c1-13(2)22-25(23,24)12-15-8-6-14(7-9-15)10-21-11-16-17(19)4-3-5-18(16)20/h3-9,13,21-22H,10-12H2,1-2H3. The Morgan fingerprint density at radius 3 is 2.28 bits per heavy atom. The van der Waals surface area contributed by atoms with Crippen molar-refractivity contribution in [2.45, 2.75) is 38.7 Å². The SMILES string of the molecule is CC(C)NS(=O)(=O)Cc1ccc(CNCc2c(F)cccc2Cl)cc1. The Balaban J connectivity index is 1.90. The molecule has 0 saturated carbocycles. The smallest absolute Gasteiger partial charge is 0.216 e. The summed E-state index contributed by atoms with van der Waals surface area (Å²) in [5.41, 5.74) is 2.13. The van der Waals surface area contributed by atoms with Crippen LogP contribution >= 0.6 is 11.6 Å². The first-order valence-corrected chi connectivity index (χ1v) is 10.0. The Morgan fingerprint density at radius 1 is 1.04 bits per heavy atom. The first kappa shape index (κ1) is 19.8. The summed E-state index contributed by atoms with van der Waals surface area (Å²) >= 11 is 5.99. The van der Waals surface area contributed by atoms with Crippen LogP contribution in [0.4, 0.5) is 4.39 Å². The number of benzene rings is 2. The lowest BCUT2D eigenvalue weighted by molar-refractivity contribution is 0.569. The summed E-state index contributed by atoms with van der Waals surface area (Å²) in [6.07, 6.45) is 0. The van der Waals surface area contributed by atoms with Gasteiger partial charge in [0.15, 0.2) is 0 Å². The zero-order valence-corrected chi connectivity index (χ0v) is 15.8. The van der Waals surface area contributed by atoms with Crippen LogP contribution in [0.1, 0.15) is 30.5 Å². The molecule has 0 aromatic heterocycles. The van der Waals surface area contributed by atoms with Gasteiger partial charge in [0.2, 0.25) is 10.0 Å². The van der Waals surface area contributed by atoms with Crippen molar-refractivity contribution in [1.29, 1.82) is 0 Å². The van der Waals surface area contributed by atoms with Crippen molar-refractivity contribution in [1.82, 2.24) is 10.0 Å². The predicted molar refractivity (Wildman–Crippen MR) is 99.3 cm³/mol. The number of hydrogen-bond donors (Lipinski definition) is 2. The van der Waals surface area contributed by atoms with Crippen LogP contribution in [0.3, 0.4) is 0 Å². The Kier molecular flexibility index (Phi) is 6.95. The van der Waals surface area contributed by atoms with Crippen LogP contribution < -0.4 is 10.0 Å². The molecule has 0 aliphatic heterocycles. The minimum absolute atomic E-state index is 0.0519. The van der Waals surface area contributed by atoms with Gasteiger partial charge in [0.1, 0.15) is 5.82 Å². The van der Waals surface area contributed by atoms with Gasteiger partial charge >= 0.3 is 0 Å². The summed E-state index contributed by atoms with van der Waals surface area (Å²) < 4.78 is 40.1. The highest BCUT2D eigenvalue weighted by Crippen LogP contribution is 2.18. The van der Waals surface area contributed by atoms with E-state index in [4.69, 9.17) is 11.6 Å². The molecule has 0 atom stereocenters. The molecule has 7 heteroatoms. The molecule has 0 aliphatic carbocycles. The zero-order chi connectivity index (χ0) is 18.4. The van der Waals surface area contributed by atoms with E-state index in [0.717, 1.165) is 5.56 Å². The van der Waals surface area contributed by atoms with E-state index in [0.29, 0.717) is 29.2 Å². The molecule has 0 spiro atoms. The molecule has 0 fully saturated rings. The highest BCUT2D eigenvalue weighted by Gasteiger charge is 2.12. The van der Waals surface area contributed by atoms with Crippen LogP contribution in [0, 0.1) is 5.82 Å². The van der Waals surface area contributed by atoms with E-state index >= 15 is 0 Å². The van der Waals surface area contributed by atoms with E-state index < -0.39 is 10.0 Å². The average molecular weight is 385 g/mol. The van der Waals surface area contributed by atoms with Gasteiger partial charge in [-0.1, -0.05) is 41.9 Å². The average Bonchev–Trinajstić information content (AvgIpc) is 2.50. The van der Waals surface area contributed by atoms with Crippen molar-refractivity contribution in [3.63, 3.8) is 0 Å². The van der Waals surface area contributed by atoms with Crippen LogP contribution in [0.2, 0.25) is 5.02 Å². The maximum absolute atomic E-state index is 13.7. The summed E-state index contributed by atoms with van der Waals surface area (Å²) in [6.45, 7) is 4.42. The molecule has 25 heavy (non-hydrogen) atoms. The molecular formula is C18H22ClFN2O2S. The van der Waals surface area contributed by atoms with Crippen molar-refractivity contribution in [2.24, 2.45) is 0 Å². The minimum atomic E-state index is -3.33. The van der Waals surface area contributed by atoms with Crippen molar-refractivity contribution < 1.29 is 12.8 Å².